The molecule has 2 aromatic heterocycles. The lowest BCUT2D eigenvalue weighted by molar-refractivity contribution is 0.289. The second-order valence-electron chi connectivity index (χ2n) is 4.19. The largest absolute Gasteiger partial charge is 0.490 e. The monoisotopic (exact) mass is 260 g/mol. The average molecular weight is 260 g/mol. The molecule has 3 aromatic rings. The summed E-state index contributed by atoms with van der Waals surface area (Å²) in [5.41, 5.74) is 0.269. The lowest BCUT2D eigenvalue weighted by atomic mass is 10.1. The molecule has 0 spiro atoms. The molecule has 1 aromatic carbocycles. The van der Waals surface area contributed by atoms with Crippen molar-refractivity contribution in [1.82, 2.24) is 8.94 Å². The number of para-hydroxylation sites is 1. The Balaban J connectivity index is 2.44. The SMILES string of the molecule is O=c1[nH]sc2c1c(=O)c1cccc3c1n2CCO3. The fraction of sp³-hybridized carbons (Fsp3) is 0.167. The van der Waals surface area contributed by atoms with E-state index in [-0.39, 0.29) is 16.4 Å². The minimum atomic E-state index is -0.303. The normalized spacial score (nSPS) is 14.0. The number of hydrogen-bond acceptors (Lipinski definition) is 4. The molecular formula is C12H8N2O3S. The number of H-pyrrole nitrogens is 1. The highest BCUT2D eigenvalue weighted by Gasteiger charge is 2.20. The van der Waals surface area contributed by atoms with Crippen molar-refractivity contribution in [3.8, 4) is 5.75 Å². The summed E-state index contributed by atoms with van der Waals surface area (Å²) in [6, 6.07) is 5.36. The molecule has 0 bridgehead atoms. The van der Waals surface area contributed by atoms with E-state index in [9.17, 15) is 9.59 Å². The van der Waals surface area contributed by atoms with E-state index in [2.05, 4.69) is 4.37 Å². The minimum absolute atomic E-state index is 0.217. The number of hydrogen-bond donors (Lipinski definition) is 1. The van der Waals surface area contributed by atoms with Crippen molar-refractivity contribution < 1.29 is 4.74 Å². The molecule has 90 valence electrons. The number of fused-ring (bicyclic) bond motifs is 2. The molecule has 0 atom stereocenters. The van der Waals surface area contributed by atoms with Crippen molar-refractivity contribution in [3.63, 3.8) is 0 Å². The Bertz CT molecular complexity index is 903. The van der Waals surface area contributed by atoms with Crippen LogP contribution in [-0.2, 0) is 6.54 Å². The van der Waals surface area contributed by atoms with E-state index in [1.807, 2.05) is 10.6 Å². The van der Waals surface area contributed by atoms with E-state index in [1.54, 1.807) is 12.1 Å². The second-order valence-corrected chi connectivity index (χ2v) is 4.99. The molecule has 18 heavy (non-hydrogen) atoms. The van der Waals surface area contributed by atoms with Crippen LogP contribution in [0.25, 0.3) is 21.1 Å². The Morgan fingerprint density at radius 1 is 1.33 bits per heavy atom. The van der Waals surface area contributed by atoms with Gasteiger partial charge in [-0.1, -0.05) is 6.07 Å². The average Bonchev–Trinajstić information content (AvgIpc) is 2.78. The number of aromatic amines is 1. The van der Waals surface area contributed by atoms with Crippen LogP contribution in [0, 0.1) is 0 Å². The van der Waals surface area contributed by atoms with E-state index < -0.39 is 0 Å². The highest BCUT2D eigenvalue weighted by molar-refractivity contribution is 7.12. The zero-order valence-corrected chi connectivity index (χ0v) is 10.0. The van der Waals surface area contributed by atoms with Gasteiger partial charge >= 0.3 is 0 Å². The van der Waals surface area contributed by atoms with Crippen LogP contribution in [0.2, 0.25) is 0 Å². The molecule has 0 amide bonds. The standard InChI is InChI=1S/C12H8N2O3S/c15-10-6-2-1-3-7-9(6)14(4-5-17-7)12-8(10)11(16)13-18-12/h1-3H,4-5H2,(H,13,16). The number of benzene rings is 1. The molecular weight excluding hydrogens is 252 g/mol. The fourth-order valence-electron chi connectivity index (χ4n) is 2.48. The number of rotatable bonds is 0. The molecule has 0 saturated heterocycles. The van der Waals surface area contributed by atoms with Crippen LogP contribution in [0.3, 0.4) is 0 Å². The molecule has 6 heteroatoms. The molecule has 1 aliphatic rings. The van der Waals surface area contributed by atoms with Gasteiger partial charge in [-0.25, -0.2) is 0 Å². The summed E-state index contributed by atoms with van der Waals surface area (Å²) in [6.45, 7) is 1.20. The predicted octanol–water partition coefficient (Wildman–Crippen LogP) is 1.30. The molecule has 0 aliphatic carbocycles. The van der Waals surface area contributed by atoms with Crippen LogP contribution in [-0.4, -0.2) is 15.5 Å². The lowest BCUT2D eigenvalue weighted by Gasteiger charge is -2.20. The third-order valence-corrected chi connectivity index (χ3v) is 4.14. The molecule has 0 unspecified atom stereocenters. The van der Waals surface area contributed by atoms with Crippen molar-refractivity contribution >= 4 is 32.7 Å². The van der Waals surface area contributed by atoms with Crippen molar-refractivity contribution in [2.45, 2.75) is 6.54 Å². The van der Waals surface area contributed by atoms with Crippen LogP contribution >= 0.6 is 11.5 Å². The van der Waals surface area contributed by atoms with Crippen LogP contribution < -0.4 is 15.7 Å². The number of pyridine rings is 1. The summed E-state index contributed by atoms with van der Waals surface area (Å²) in [5.74, 6) is 0.707. The number of nitrogens with one attached hydrogen (secondary N) is 1. The van der Waals surface area contributed by atoms with E-state index in [0.717, 1.165) is 5.52 Å². The topological polar surface area (TPSA) is 64.1 Å². The van der Waals surface area contributed by atoms with Gasteiger partial charge in [0, 0.05) is 0 Å². The van der Waals surface area contributed by atoms with Crippen molar-refractivity contribution in [2.75, 3.05) is 6.61 Å². The van der Waals surface area contributed by atoms with Gasteiger partial charge in [0.25, 0.3) is 5.56 Å². The van der Waals surface area contributed by atoms with Gasteiger partial charge in [-0.3, -0.25) is 14.0 Å². The Morgan fingerprint density at radius 3 is 3.11 bits per heavy atom. The maximum atomic E-state index is 12.3. The first-order chi connectivity index (χ1) is 8.77. The molecule has 0 saturated carbocycles. The van der Waals surface area contributed by atoms with Crippen LogP contribution in [0.4, 0.5) is 0 Å². The summed E-state index contributed by atoms with van der Waals surface area (Å²) < 4.78 is 10.2. The Labute approximate surface area is 104 Å². The third kappa shape index (κ3) is 1.06. The Morgan fingerprint density at radius 2 is 2.22 bits per heavy atom. The molecule has 1 aliphatic heterocycles. The third-order valence-electron chi connectivity index (χ3n) is 3.24. The van der Waals surface area contributed by atoms with Gasteiger partial charge in [-0.05, 0) is 23.7 Å². The minimum Gasteiger partial charge on any atom is -0.490 e. The smallest absolute Gasteiger partial charge is 0.271 e. The molecule has 3 heterocycles. The summed E-state index contributed by atoms with van der Waals surface area (Å²) in [6.07, 6.45) is 0. The second kappa shape index (κ2) is 3.23. The van der Waals surface area contributed by atoms with Gasteiger partial charge in [-0.2, -0.15) is 0 Å². The van der Waals surface area contributed by atoms with Crippen LogP contribution in [0.15, 0.2) is 27.8 Å². The highest BCUT2D eigenvalue weighted by Crippen LogP contribution is 2.30. The first-order valence-corrected chi connectivity index (χ1v) is 6.38. The first kappa shape index (κ1) is 9.90. The lowest BCUT2D eigenvalue weighted by Crippen LogP contribution is -2.21. The van der Waals surface area contributed by atoms with E-state index >= 15 is 0 Å². The van der Waals surface area contributed by atoms with Gasteiger partial charge in [0.1, 0.15) is 22.6 Å². The molecule has 4 rings (SSSR count). The van der Waals surface area contributed by atoms with Crippen molar-refractivity contribution in [1.29, 1.82) is 0 Å². The quantitative estimate of drug-likeness (QED) is 0.662. The van der Waals surface area contributed by atoms with E-state index in [1.165, 1.54) is 11.5 Å². The summed E-state index contributed by atoms with van der Waals surface area (Å²) in [7, 11) is 0. The molecule has 5 nitrogen and oxygen atoms in total. The Kier molecular flexibility index (Phi) is 1.78. The summed E-state index contributed by atoms with van der Waals surface area (Å²) in [5, 5.41) is 0.801. The zero-order valence-electron chi connectivity index (χ0n) is 9.23. The van der Waals surface area contributed by atoms with Crippen molar-refractivity contribution in [2.24, 2.45) is 0 Å². The van der Waals surface area contributed by atoms with Gasteiger partial charge in [0.05, 0.1) is 17.4 Å². The van der Waals surface area contributed by atoms with Crippen LogP contribution in [0.5, 0.6) is 5.75 Å². The highest BCUT2D eigenvalue weighted by atomic mass is 32.1. The van der Waals surface area contributed by atoms with Gasteiger partial charge < -0.3 is 9.30 Å². The zero-order chi connectivity index (χ0) is 12.3. The summed E-state index contributed by atoms with van der Waals surface area (Å²) >= 11 is 1.21. The number of ether oxygens (including phenoxy) is 1. The fourth-order valence-corrected chi connectivity index (χ4v) is 3.35. The molecule has 1 N–H and O–H groups in total. The van der Waals surface area contributed by atoms with E-state index in [0.29, 0.717) is 29.1 Å². The van der Waals surface area contributed by atoms with E-state index in [4.69, 9.17) is 4.74 Å². The molecule has 0 radical (unpaired) electrons. The van der Waals surface area contributed by atoms with Gasteiger partial charge in [0.15, 0.2) is 0 Å². The number of nitrogens with zero attached hydrogens (tertiary/aromatic N) is 1. The molecule has 0 fully saturated rings. The Hall–Kier alpha value is -2.08. The maximum Gasteiger partial charge on any atom is 0.271 e. The van der Waals surface area contributed by atoms with Gasteiger partial charge in [-0.15, -0.1) is 0 Å². The summed E-state index contributed by atoms with van der Waals surface area (Å²) in [4.78, 5) is 24.8. The maximum absolute atomic E-state index is 12.3. The number of aromatic nitrogens is 2. The first-order valence-electron chi connectivity index (χ1n) is 5.57. The van der Waals surface area contributed by atoms with Gasteiger partial charge in [0.2, 0.25) is 5.43 Å². The van der Waals surface area contributed by atoms with Crippen LogP contribution in [0.1, 0.15) is 0 Å². The predicted molar refractivity (Wildman–Crippen MR) is 69.7 cm³/mol. The van der Waals surface area contributed by atoms with Crippen molar-refractivity contribution in [3.05, 3.63) is 38.8 Å².